The Morgan fingerprint density at radius 2 is 2.08 bits per heavy atom. The van der Waals surface area contributed by atoms with E-state index < -0.39 is 5.82 Å². The van der Waals surface area contributed by atoms with Gasteiger partial charge in [-0.25, -0.2) is 4.39 Å². The summed E-state index contributed by atoms with van der Waals surface area (Å²) < 4.78 is 12.9. The van der Waals surface area contributed by atoms with E-state index in [9.17, 15) is 4.39 Å². The minimum atomic E-state index is -0.567. The molecule has 0 aromatic heterocycles. The van der Waals surface area contributed by atoms with E-state index in [2.05, 4.69) is 0 Å². The molecule has 3 heteroatoms. The molecule has 62 valence electrons. The van der Waals surface area contributed by atoms with Gasteiger partial charge in [0.1, 0.15) is 11.9 Å². The van der Waals surface area contributed by atoms with Gasteiger partial charge in [-0.3, -0.25) is 0 Å². The summed E-state index contributed by atoms with van der Waals surface area (Å²) in [6.07, 6.45) is 2.61. The quantitative estimate of drug-likeness (QED) is 0.610. The summed E-state index contributed by atoms with van der Waals surface area (Å²) in [4.78, 5) is 0. The van der Waals surface area contributed by atoms with Gasteiger partial charge in [-0.05, 0) is 17.7 Å². The number of allylic oxidation sites excluding steroid dienone is 1. The normalized spacial score (nSPS) is 9.46. The Hall–Kier alpha value is -2.13. The number of nitrogens with zero attached hydrogens (tertiary/aromatic N) is 2. The van der Waals surface area contributed by atoms with Gasteiger partial charge in [0.05, 0.1) is 11.6 Å². The topological polar surface area (TPSA) is 47.6 Å². The summed E-state index contributed by atoms with van der Waals surface area (Å²) in [5, 5.41) is 16.8. The van der Waals surface area contributed by atoms with Crippen molar-refractivity contribution in [3.05, 3.63) is 41.2 Å². The fourth-order valence-corrected chi connectivity index (χ4v) is 0.925. The zero-order valence-electron chi connectivity index (χ0n) is 6.66. The molecule has 1 rings (SSSR count). The Balaban J connectivity index is 3.24. The van der Waals surface area contributed by atoms with Gasteiger partial charge < -0.3 is 0 Å². The average Bonchev–Trinajstić information content (AvgIpc) is 2.15. The Bertz CT molecular complexity index is 422. The van der Waals surface area contributed by atoms with Crippen molar-refractivity contribution in [2.75, 3.05) is 0 Å². The third-order valence-electron chi connectivity index (χ3n) is 1.50. The van der Waals surface area contributed by atoms with Crippen LogP contribution in [0.25, 0.3) is 6.08 Å². The second kappa shape index (κ2) is 4.04. The Labute approximate surface area is 75.2 Å². The van der Waals surface area contributed by atoms with Gasteiger partial charge in [0.25, 0.3) is 0 Å². The Morgan fingerprint density at radius 1 is 1.31 bits per heavy atom. The van der Waals surface area contributed by atoms with Crippen LogP contribution >= 0.6 is 0 Å². The highest BCUT2D eigenvalue weighted by Gasteiger charge is 2.03. The molecule has 0 aliphatic carbocycles. The predicted octanol–water partition coefficient (Wildman–Crippen LogP) is 2.23. The van der Waals surface area contributed by atoms with Crippen LogP contribution in [0.5, 0.6) is 0 Å². The number of rotatable bonds is 1. The van der Waals surface area contributed by atoms with E-state index in [0.29, 0.717) is 5.56 Å². The van der Waals surface area contributed by atoms with Crippen LogP contribution in [-0.2, 0) is 0 Å². The summed E-state index contributed by atoms with van der Waals surface area (Å²) in [7, 11) is 0. The summed E-state index contributed by atoms with van der Waals surface area (Å²) in [6.45, 7) is 0. The van der Waals surface area contributed by atoms with Crippen LogP contribution in [0.2, 0.25) is 0 Å². The fourth-order valence-electron chi connectivity index (χ4n) is 0.925. The third kappa shape index (κ3) is 1.91. The SMILES string of the molecule is N#CC=Cc1cccc(F)c1C#N. The molecule has 0 fully saturated rings. The van der Waals surface area contributed by atoms with E-state index in [0.717, 1.165) is 0 Å². The van der Waals surface area contributed by atoms with E-state index in [1.807, 2.05) is 0 Å². The second-order valence-electron chi connectivity index (χ2n) is 2.28. The van der Waals surface area contributed by atoms with Crippen molar-refractivity contribution in [3.63, 3.8) is 0 Å². The lowest BCUT2D eigenvalue weighted by molar-refractivity contribution is 0.623. The minimum absolute atomic E-state index is 0.0333. The lowest BCUT2D eigenvalue weighted by Gasteiger charge is -1.96. The maximum atomic E-state index is 12.9. The molecule has 0 spiro atoms. The van der Waals surface area contributed by atoms with Crippen molar-refractivity contribution < 1.29 is 4.39 Å². The van der Waals surface area contributed by atoms with Crippen LogP contribution in [0.4, 0.5) is 4.39 Å². The highest BCUT2D eigenvalue weighted by Crippen LogP contribution is 2.13. The first-order valence-corrected chi connectivity index (χ1v) is 3.54. The highest BCUT2D eigenvalue weighted by molar-refractivity contribution is 5.59. The van der Waals surface area contributed by atoms with Crippen LogP contribution in [0, 0.1) is 28.5 Å². The van der Waals surface area contributed by atoms with E-state index in [4.69, 9.17) is 10.5 Å². The molecule has 0 amide bonds. The van der Waals surface area contributed by atoms with Crippen molar-refractivity contribution in [2.24, 2.45) is 0 Å². The Morgan fingerprint density at radius 3 is 2.69 bits per heavy atom. The smallest absolute Gasteiger partial charge is 0.141 e. The fraction of sp³-hybridized carbons (Fsp3) is 0. The molecule has 0 aliphatic heterocycles. The van der Waals surface area contributed by atoms with Gasteiger partial charge >= 0.3 is 0 Å². The second-order valence-corrected chi connectivity index (χ2v) is 2.28. The number of hydrogen-bond acceptors (Lipinski definition) is 2. The number of nitriles is 2. The van der Waals surface area contributed by atoms with Gasteiger partial charge in [-0.1, -0.05) is 12.1 Å². The molecule has 1 aromatic rings. The molecule has 0 saturated heterocycles. The average molecular weight is 172 g/mol. The van der Waals surface area contributed by atoms with Crippen molar-refractivity contribution in [1.29, 1.82) is 10.5 Å². The van der Waals surface area contributed by atoms with Gasteiger partial charge in [0.15, 0.2) is 0 Å². The standard InChI is InChI=1S/C10H5FN2/c11-10-5-1-3-8(4-2-6-12)9(10)7-13/h1-5H. The summed E-state index contributed by atoms with van der Waals surface area (Å²) in [6, 6.07) is 7.79. The number of benzene rings is 1. The van der Waals surface area contributed by atoms with E-state index in [-0.39, 0.29) is 5.56 Å². The van der Waals surface area contributed by atoms with E-state index in [1.54, 1.807) is 18.2 Å². The lowest BCUT2D eigenvalue weighted by atomic mass is 10.1. The molecule has 13 heavy (non-hydrogen) atoms. The molecule has 0 radical (unpaired) electrons. The molecular weight excluding hydrogens is 167 g/mol. The summed E-state index contributed by atoms with van der Waals surface area (Å²) >= 11 is 0. The molecule has 0 unspecified atom stereocenters. The van der Waals surface area contributed by atoms with Gasteiger partial charge in [-0.2, -0.15) is 10.5 Å². The maximum Gasteiger partial charge on any atom is 0.141 e. The van der Waals surface area contributed by atoms with E-state index >= 15 is 0 Å². The highest BCUT2D eigenvalue weighted by atomic mass is 19.1. The zero-order valence-corrected chi connectivity index (χ0v) is 6.66. The Kier molecular flexibility index (Phi) is 2.78. The lowest BCUT2D eigenvalue weighted by Crippen LogP contribution is -1.86. The van der Waals surface area contributed by atoms with Gasteiger partial charge in [0.2, 0.25) is 0 Å². The first kappa shape index (κ1) is 8.96. The van der Waals surface area contributed by atoms with Crippen LogP contribution in [0.1, 0.15) is 11.1 Å². The molecule has 0 N–H and O–H groups in total. The zero-order chi connectivity index (χ0) is 9.68. The predicted molar refractivity (Wildman–Crippen MR) is 45.8 cm³/mol. The summed E-state index contributed by atoms with van der Waals surface area (Å²) in [5.41, 5.74) is 0.387. The van der Waals surface area contributed by atoms with Crippen molar-refractivity contribution in [3.8, 4) is 12.1 Å². The van der Waals surface area contributed by atoms with Gasteiger partial charge in [0, 0.05) is 6.08 Å². The molecule has 0 bridgehead atoms. The van der Waals surface area contributed by atoms with Crippen LogP contribution < -0.4 is 0 Å². The molecule has 0 heterocycles. The monoisotopic (exact) mass is 172 g/mol. The molecular formula is C10H5FN2. The molecule has 0 atom stereocenters. The van der Waals surface area contributed by atoms with Gasteiger partial charge in [-0.15, -0.1) is 0 Å². The summed E-state index contributed by atoms with van der Waals surface area (Å²) in [5.74, 6) is -0.567. The maximum absolute atomic E-state index is 12.9. The van der Waals surface area contributed by atoms with Crippen molar-refractivity contribution >= 4 is 6.08 Å². The molecule has 0 aliphatic rings. The molecule has 1 aromatic carbocycles. The number of hydrogen-bond donors (Lipinski definition) is 0. The third-order valence-corrected chi connectivity index (χ3v) is 1.50. The first-order valence-electron chi connectivity index (χ1n) is 3.54. The molecule has 2 nitrogen and oxygen atoms in total. The van der Waals surface area contributed by atoms with Crippen LogP contribution in [-0.4, -0.2) is 0 Å². The van der Waals surface area contributed by atoms with Crippen molar-refractivity contribution in [1.82, 2.24) is 0 Å². The molecule has 0 saturated carbocycles. The number of halogens is 1. The first-order chi connectivity index (χ1) is 6.29. The van der Waals surface area contributed by atoms with Crippen molar-refractivity contribution in [2.45, 2.75) is 0 Å². The van der Waals surface area contributed by atoms with Crippen LogP contribution in [0.15, 0.2) is 24.3 Å². The van der Waals surface area contributed by atoms with E-state index in [1.165, 1.54) is 24.3 Å². The minimum Gasteiger partial charge on any atom is -0.206 e. The van der Waals surface area contributed by atoms with Crippen LogP contribution in [0.3, 0.4) is 0 Å². The largest absolute Gasteiger partial charge is 0.206 e.